The first-order chi connectivity index (χ1) is 10.1. The van der Waals surface area contributed by atoms with E-state index in [0.717, 1.165) is 36.2 Å². The van der Waals surface area contributed by atoms with Crippen molar-refractivity contribution in [1.29, 1.82) is 0 Å². The van der Waals surface area contributed by atoms with Gasteiger partial charge in [-0.2, -0.15) is 0 Å². The molecule has 4 atom stereocenters. The van der Waals surface area contributed by atoms with E-state index in [1.54, 1.807) is 7.11 Å². The van der Waals surface area contributed by atoms with Gasteiger partial charge in [-0.05, 0) is 56.3 Å². The zero-order chi connectivity index (χ0) is 15.0. The van der Waals surface area contributed by atoms with Gasteiger partial charge in [-0.25, -0.2) is 0 Å². The van der Waals surface area contributed by atoms with E-state index in [4.69, 9.17) is 9.47 Å². The Morgan fingerprint density at radius 1 is 1.24 bits per heavy atom. The van der Waals surface area contributed by atoms with Crippen molar-refractivity contribution in [2.75, 3.05) is 14.2 Å². The van der Waals surface area contributed by atoms with E-state index in [1.165, 1.54) is 18.4 Å². The van der Waals surface area contributed by atoms with E-state index in [0.29, 0.717) is 6.04 Å². The molecular weight excluding hydrogens is 262 g/mol. The van der Waals surface area contributed by atoms with Crippen molar-refractivity contribution in [1.82, 2.24) is 5.32 Å². The highest BCUT2D eigenvalue weighted by Gasteiger charge is 2.44. The van der Waals surface area contributed by atoms with Crippen LogP contribution in [0.1, 0.15) is 51.1 Å². The summed E-state index contributed by atoms with van der Waals surface area (Å²) in [5, 5.41) is 3.47. The molecule has 3 rings (SSSR count). The summed E-state index contributed by atoms with van der Waals surface area (Å²) >= 11 is 0. The summed E-state index contributed by atoms with van der Waals surface area (Å²) in [6.45, 7) is 4.74. The van der Waals surface area contributed by atoms with Crippen molar-refractivity contribution < 1.29 is 9.47 Å². The monoisotopic (exact) mass is 289 g/mol. The molecule has 1 aromatic rings. The highest BCUT2D eigenvalue weighted by molar-refractivity contribution is 5.44. The topological polar surface area (TPSA) is 30.5 Å². The van der Waals surface area contributed by atoms with E-state index >= 15 is 0 Å². The van der Waals surface area contributed by atoms with Gasteiger partial charge < -0.3 is 14.8 Å². The van der Waals surface area contributed by atoms with Crippen molar-refractivity contribution in [2.24, 2.45) is 11.8 Å². The molecule has 0 aromatic heterocycles. The molecule has 1 spiro atoms. The van der Waals surface area contributed by atoms with Crippen LogP contribution in [0.3, 0.4) is 0 Å². The van der Waals surface area contributed by atoms with Crippen LogP contribution >= 0.6 is 0 Å². The van der Waals surface area contributed by atoms with Crippen LogP contribution in [0, 0.1) is 11.8 Å². The zero-order valence-electron chi connectivity index (χ0n) is 13.6. The molecule has 2 aliphatic rings. The Kier molecular flexibility index (Phi) is 3.87. The largest absolute Gasteiger partial charge is 0.497 e. The second-order valence-corrected chi connectivity index (χ2v) is 6.93. The third kappa shape index (κ3) is 2.64. The number of rotatable bonds is 2. The van der Waals surface area contributed by atoms with E-state index in [2.05, 4.69) is 31.3 Å². The van der Waals surface area contributed by atoms with Gasteiger partial charge in [0.1, 0.15) is 17.1 Å². The van der Waals surface area contributed by atoms with Gasteiger partial charge in [-0.1, -0.05) is 13.8 Å². The van der Waals surface area contributed by atoms with Crippen LogP contribution in [0.25, 0.3) is 0 Å². The second-order valence-electron chi connectivity index (χ2n) is 6.93. The number of methoxy groups -OCH3 is 1. The molecule has 116 valence electrons. The number of fused-ring (bicyclic) bond motifs is 1. The molecule has 0 amide bonds. The van der Waals surface area contributed by atoms with Gasteiger partial charge in [0.05, 0.1) is 7.11 Å². The Labute approximate surface area is 128 Å². The lowest BCUT2D eigenvalue weighted by Gasteiger charge is -2.47. The third-order valence-corrected chi connectivity index (χ3v) is 5.56. The molecule has 1 aromatic carbocycles. The van der Waals surface area contributed by atoms with Crippen LogP contribution in [-0.2, 0) is 0 Å². The summed E-state index contributed by atoms with van der Waals surface area (Å²) < 4.78 is 11.9. The molecule has 1 aliphatic carbocycles. The molecule has 1 saturated carbocycles. The molecule has 1 heterocycles. The highest BCUT2D eigenvalue weighted by atomic mass is 16.5. The number of benzene rings is 1. The minimum absolute atomic E-state index is 0.0151. The van der Waals surface area contributed by atoms with Gasteiger partial charge in [0.2, 0.25) is 0 Å². The molecule has 3 heteroatoms. The van der Waals surface area contributed by atoms with Crippen LogP contribution in [0.5, 0.6) is 11.5 Å². The van der Waals surface area contributed by atoms with Crippen molar-refractivity contribution in [3.63, 3.8) is 0 Å². The molecular formula is C18H27NO2. The van der Waals surface area contributed by atoms with Crippen LogP contribution in [0.15, 0.2) is 18.2 Å². The number of hydrogen-bond donors (Lipinski definition) is 1. The molecule has 1 N–H and O–H groups in total. The molecule has 1 aliphatic heterocycles. The maximum absolute atomic E-state index is 6.52. The Hall–Kier alpha value is -1.22. The predicted molar refractivity (Wildman–Crippen MR) is 84.9 cm³/mol. The molecule has 0 radical (unpaired) electrons. The summed E-state index contributed by atoms with van der Waals surface area (Å²) in [6, 6.07) is 6.53. The fraction of sp³-hybridized carbons (Fsp3) is 0.667. The molecule has 0 saturated heterocycles. The first kappa shape index (κ1) is 14.7. The first-order valence-electron chi connectivity index (χ1n) is 8.11. The molecule has 1 fully saturated rings. The zero-order valence-corrected chi connectivity index (χ0v) is 13.6. The molecule has 21 heavy (non-hydrogen) atoms. The average Bonchev–Trinajstić information content (AvgIpc) is 2.50. The summed E-state index contributed by atoms with van der Waals surface area (Å²) in [7, 11) is 3.76. The van der Waals surface area contributed by atoms with E-state index < -0.39 is 0 Å². The lowest BCUT2D eigenvalue weighted by Crippen LogP contribution is -2.48. The molecule has 0 bridgehead atoms. The van der Waals surface area contributed by atoms with Crippen molar-refractivity contribution in [2.45, 2.75) is 51.2 Å². The van der Waals surface area contributed by atoms with Crippen molar-refractivity contribution in [3.05, 3.63) is 23.8 Å². The summed E-state index contributed by atoms with van der Waals surface area (Å²) in [5.41, 5.74) is 1.25. The standard InChI is InChI=1S/C18H27NO2/c1-12-7-8-18(10-13(12)2)11-16(19-3)15-9-14(20-4)5-6-17(15)21-18/h5-6,9,12-13,16,19H,7-8,10-11H2,1-4H3. The summed E-state index contributed by atoms with van der Waals surface area (Å²) in [6.07, 6.45) is 4.66. The second kappa shape index (κ2) is 5.53. The minimum atomic E-state index is 0.0151. The van der Waals surface area contributed by atoms with Crippen LogP contribution in [0.2, 0.25) is 0 Å². The molecule has 3 nitrogen and oxygen atoms in total. The smallest absolute Gasteiger partial charge is 0.125 e. The van der Waals surface area contributed by atoms with Gasteiger partial charge in [-0.3, -0.25) is 0 Å². The Morgan fingerprint density at radius 2 is 2.05 bits per heavy atom. The highest BCUT2D eigenvalue weighted by Crippen LogP contribution is 2.49. The minimum Gasteiger partial charge on any atom is -0.497 e. The third-order valence-electron chi connectivity index (χ3n) is 5.56. The number of nitrogens with one attached hydrogen (secondary N) is 1. The Bertz CT molecular complexity index is 516. The maximum Gasteiger partial charge on any atom is 0.125 e. The fourth-order valence-corrected chi connectivity index (χ4v) is 3.98. The van der Waals surface area contributed by atoms with Crippen LogP contribution in [-0.4, -0.2) is 19.8 Å². The number of ether oxygens (including phenoxy) is 2. The van der Waals surface area contributed by atoms with Gasteiger partial charge in [0.15, 0.2) is 0 Å². The Morgan fingerprint density at radius 3 is 2.71 bits per heavy atom. The van der Waals surface area contributed by atoms with Gasteiger partial charge in [0, 0.05) is 18.0 Å². The van der Waals surface area contributed by atoms with Gasteiger partial charge >= 0.3 is 0 Å². The summed E-state index contributed by atoms with van der Waals surface area (Å²) in [4.78, 5) is 0. The lowest BCUT2D eigenvalue weighted by molar-refractivity contribution is -0.0317. The fourth-order valence-electron chi connectivity index (χ4n) is 3.98. The van der Waals surface area contributed by atoms with Crippen LogP contribution in [0.4, 0.5) is 0 Å². The predicted octanol–water partition coefficient (Wildman–Crippen LogP) is 3.93. The Balaban J connectivity index is 1.92. The van der Waals surface area contributed by atoms with Gasteiger partial charge in [0.25, 0.3) is 0 Å². The average molecular weight is 289 g/mol. The van der Waals surface area contributed by atoms with E-state index in [9.17, 15) is 0 Å². The maximum atomic E-state index is 6.52. The van der Waals surface area contributed by atoms with Crippen molar-refractivity contribution in [3.8, 4) is 11.5 Å². The van der Waals surface area contributed by atoms with E-state index in [-0.39, 0.29) is 5.60 Å². The first-order valence-corrected chi connectivity index (χ1v) is 8.11. The lowest BCUT2D eigenvalue weighted by atomic mass is 9.69. The normalized spacial score (nSPS) is 35.1. The van der Waals surface area contributed by atoms with Crippen LogP contribution < -0.4 is 14.8 Å². The summed E-state index contributed by atoms with van der Waals surface area (Å²) in [5.74, 6) is 3.47. The van der Waals surface area contributed by atoms with Crippen molar-refractivity contribution >= 4 is 0 Å². The van der Waals surface area contributed by atoms with E-state index in [1.807, 2.05) is 13.1 Å². The quantitative estimate of drug-likeness (QED) is 0.894. The molecule has 4 unspecified atom stereocenters. The van der Waals surface area contributed by atoms with Gasteiger partial charge in [-0.15, -0.1) is 0 Å². The number of hydrogen-bond acceptors (Lipinski definition) is 3. The SMILES string of the molecule is CNC1CC2(CCC(C)C(C)C2)Oc2ccc(OC)cc21.